The van der Waals surface area contributed by atoms with Gasteiger partial charge >= 0.3 is 6.18 Å². The molecule has 142 valence electrons. The molecule has 0 unspecified atom stereocenters. The van der Waals surface area contributed by atoms with E-state index in [2.05, 4.69) is 0 Å². The summed E-state index contributed by atoms with van der Waals surface area (Å²) in [5.41, 5.74) is 2.33. The third-order valence-electron chi connectivity index (χ3n) is 4.62. The molecule has 0 spiro atoms. The number of carbonyl (C=O) groups is 2. The maximum absolute atomic E-state index is 12.7. The Balaban J connectivity index is 1.90. The molecular formula is C20H19F3N2O2. The monoisotopic (exact) mass is 376 g/mol. The molecular weight excluding hydrogens is 357 g/mol. The highest BCUT2D eigenvalue weighted by molar-refractivity contribution is 6.01. The lowest BCUT2D eigenvalue weighted by Crippen LogP contribution is -2.42. The van der Waals surface area contributed by atoms with Crippen molar-refractivity contribution < 1.29 is 22.8 Å². The minimum Gasteiger partial charge on any atom is -0.347 e. The van der Waals surface area contributed by atoms with Gasteiger partial charge in [0, 0.05) is 26.2 Å². The second-order valence-electron chi connectivity index (χ2n) is 6.69. The maximum Gasteiger partial charge on any atom is 0.416 e. The molecule has 2 aromatic carbocycles. The van der Waals surface area contributed by atoms with E-state index in [1.54, 1.807) is 26.2 Å². The number of fused-ring (bicyclic) bond motifs is 1. The van der Waals surface area contributed by atoms with Gasteiger partial charge in [-0.15, -0.1) is 0 Å². The van der Waals surface area contributed by atoms with Crippen LogP contribution in [0.25, 0.3) is 11.1 Å². The molecule has 0 saturated heterocycles. The van der Waals surface area contributed by atoms with E-state index in [4.69, 9.17) is 0 Å². The molecule has 1 aliphatic rings. The Labute approximate surface area is 155 Å². The van der Waals surface area contributed by atoms with Gasteiger partial charge < -0.3 is 9.80 Å². The highest BCUT2D eigenvalue weighted by Gasteiger charge is 2.30. The average molecular weight is 376 g/mol. The summed E-state index contributed by atoms with van der Waals surface area (Å²) in [4.78, 5) is 27.2. The Morgan fingerprint density at radius 1 is 1.04 bits per heavy atom. The zero-order valence-corrected chi connectivity index (χ0v) is 15.0. The van der Waals surface area contributed by atoms with E-state index in [1.165, 1.54) is 21.9 Å². The molecule has 1 aliphatic heterocycles. The molecule has 7 heteroatoms. The summed E-state index contributed by atoms with van der Waals surface area (Å²) in [7, 11) is 3.26. The molecule has 0 aromatic heterocycles. The van der Waals surface area contributed by atoms with E-state index in [1.807, 2.05) is 6.07 Å². The number of anilines is 1. The van der Waals surface area contributed by atoms with Crippen LogP contribution in [0.3, 0.4) is 0 Å². The summed E-state index contributed by atoms with van der Waals surface area (Å²) in [6, 6.07) is 10.4. The fraction of sp³-hybridized carbons (Fsp3) is 0.300. The van der Waals surface area contributed by atoms with Gasteiger partial charge in [0.2, 0.25) is 11.8 Å². The van der Waals surface area contributed by atoms with Crippen LogP contribution < -0.4 is 4.90 Å². The second kappa shape index (κ2) is 7.06. The van der Waals surface area contributed by atoms with Crippen molar-refractivity contribution in [2.75, 3.05) is 25.5 Å². The topological polar surface area (TPSA) is 40.6 Å². The summed E-state index contributed by atoms with van der Waals surface area (Å²) in [6.07, 6.45) is -3.53. The first-order chi connectivity index (χ1) is 12.7. The second-order valence-corrected chi connectivity index (χ2v) is 6.69. The number of likely N-dealkylation sites (N-methyl/N-ethyl adjacent to an activating group) is 1. The van der Waals surface area contributed by atoms with Crippen LogP contribution in [0.5, 0.6) is 0 Å². The van der Waals surface area contributed by atoms with Crippen LogP contribution in [0.15, 0.2) is 42.5 Å². The first-order valence-corrected chi connectivity index (χ1v) is 8.48. The normalized spacial score (nSPS) is 14.1. The van der Waals surface area contributed by atoms with Crippen LogP contribution in [-0.4, -0.2) is 37.4 Å². The number of alkyl halides is 3. The van der Waals surface area contributed by atoms with Crippen molar-refractivity contribution in [2.24, 2.45) is 0 Å². The number of aryl methyl sites for hydroxylation is 1. The predicted molar refractivity (Wildman–Crippen MR) is 96.2 cm³/mol. The van der Waals surface area contributed by atoms with E-state index in [-0.39, 0.29) is 18.4 Å². The van der Waals surface area contributed by atoms with Crippen LogP contribution in [0.1, 0.15) is 17.5 Å². The number of nitrogens with zero attached hydrogens (tertiary/aromatic N) is 2. The van der Waals surface area contributed by atoms with Crippen molar-refractivity contribution in [1.29, 1.82) is 0 Å². The average Bonchev–Trinajstić information content (AvgIpc) is 2.63. The van der Waals surface area contributed by atoms with Gasteiger partial charge in [0.15, 0.2) is 0 Å². The van der Waals surface area contributed by atoms with Crippen molar-refractivity contribution in [3.63, 3.8) is 0 Å². The smallest absolute Gasteiger partial charge is 0.347 e. The van der Waals surface area contributed by atoms with Crippen molar-refractivity contribution in [2.45, 2.75) is 19.0 Å². The Morgan fingerprint density at radius 2 is 1.67 bits per heavy atom. The van der Waals surface area contributed by atoms with Crippen molar-refractivity contribution in [3.8, 4) is 11.1 Å². The van der Waals surface area contributed by atoms with Crippen molar-refractivity contribution in [3.05, 3.63) is 53.6 Å². The van der Waals surface area contributed by atoms with Gasteiger partial charge in [-0.05, 0) is 47.4 Å². The Kier molecular flexibility index (Phi) is 4.95. The van der Waals surface area contributed by atoms with Crippen molar-refractivity contribution in [1.82, 2.24) is 4.90 Å². The third kappa shape index (κ3) is 3.97. The molecule has 0 saturated carbocycles. The van der Waals surface area contributed by atoms with Gasteiger partial charge in [-0.3, -0.25) is 9.59 Å². The Hall–Kier alpha value is -2.83. The van der Waals surface area contributed by atoms with E-state index in [0.717, 1.165) is 23.3 Å². The summed E-state index contributed by atoms with van der Waals surface area (Å²) >= 11 is 0. The minimum atomic E-state index is -4.37. The van der Waals surface area contributed by atoms with Gasteiger partial charge in [0.05, 0.1) is 5.56 Å². The molecule has 0 aliphatic carbocycles. The SMILES string of the molecule is CN(C)C(=O)CN1C(=O)CCc2cc(-c3ccc(C(F)(F)F)cc3)ccc21. The number of hydrogen-bond acceptors (Lipinski definition) is 2. The molecule has 4 nitrogen and oxygen atoms in total. The highest BCUT2D eigenvalue weighted by atomic mass is 19.4. The van der Waals surface area contributed by atoms with E-state index in [9.17, 15) is 22.8 Å². The van der Waals surface area contributed by atoms with Crippen LogP contribution in [0, 0.1) is 0 Å². The molecule has 2 aromatic rings. The molecule has 0 fully saturated rings. The summed E-state index contributed by atoms with van der Waals surface area (Å²) < 4.78 is 38.2. The van der Waals surface area contributed by atoms with E-state index >= 15 is 0 Å². The zero-order chi connectivity index (χ0) is 19.8. The van der Waals surface area contributed by atoms with Crippen LogP contribution in [0.2, 0.25) is 0 Å². The Bertz CT molecular complexity index is 874. The fourth-order valence-corrected chi connectivity index (χ4v) is 3.04. The number of carbonyl (C=O) groups excluding carboxylic acids is 2. The van der Waals surface area contributed by atoms with Crippen LogP contribution in [-0.2, 0) is 22.2 Å². The molecule has 27 heavy (non-hydrogen) atoms. The van der Waals surface area contributed by atoms with Gasteiger partial charge in [0.1, 0.15) is 6.54 Å². The number of halogens is 3. The molecule has 2 amide bonds. The van der Waals surface area contributed by atoms with Gasteiger partial charge in [-0.2, -0.15) is 13.2 Å². The quantitative estimate of drug-likeness (QED) is 0.819. The lowest BCUT2D eigenvalue weighted by Gasteiger charge is -2.30. The number of benzene rings is 2. The lowest BCUT2D eigenvalue weighted by atomic mass is 9.95. The molecule has 0 radical (unpaired) electrons. The van der Waals surface area contributed by atoms with Crippen LogP contribution >= 0.6 is 0 Å². The predicted octanol–water partition coefficient (Wildman–Crippen LogP) is 3.74. The number of rotatable bonds is 3. The van der Waals surface area contributed by atoms with Crippen LogP contribution in [0.4, 0.5) is 18.9 Å². The van der Waals surface area contributed by atoms with E-state index in [0.29, 0.717) is 24.1 Å². The maximum atomic E-state index is 12.7. The Morgan fingerprint density at radius 3 is 2.26 bits per heavy atom. The fourth-order valence-electron chi connectivity index (χ4n) is 3.04. The molecule has 0 N–H and O–H groups in total. The standard InChI is InChI=1S/C20H19F3N2O2/c1-24(2)19(27)12-25-17-9-5-14(11-15(17)6-10-18(25)26)13-3-7-16(8-4-13)20(21,22)23/h3-5,7-9,11H,6,10,12H2,1-2H3. The molecule has 0 bridgehead atoms. The summed E-state index contributed by atoms with van der Waals surface area (Å²) in [5.74, 6) is -0.289. The highest BCUT2D eigenvalue weighted by Crippen LogP contribution is 2.34. The first-order valence-electron chi connectivity index (χ1n) is 8.48. The van der Waals surface area contributed by atoms with Gasteiger partial charge in [-0.25, -0.2) is 0 Å². The molecule has 3 rings (SSSR count). The largest absolute Gasteiger partial charge is 0.416 e. The number of hydrogen-bond donors (Lipinski definition) is 0. The number of amides is 2. The molecule has 0 atom stereocenters. The van der Waals surface area contributed by atoms with E-state index < -0.39 is 11.7 Å². The first kappa shape index (κ1) is 18.9. The van der Waals surface area contributed by atoms with Gasteiger partial charge in [-0.1, -0.05) is 18.2 Å². The summed E-state index contributed by atoms with van der Waals surface area (Å²) in [5, 5.41) is 0. The van der Waals surface area contributed by atoms with Gasteiger partial charge in [0.25, 0.3) is 0 Å². The lowest BCUT2D eigenvalue weighted by molar-refractivity contribution is -0.137. The molecule has 1 heterocycles. The summed E-state index contributed by atoms with van der Waals surface area (Å²) in [6.45, 7) is -0.0293. The minimum absolute atomic E-state index is 0.0293. The van der Waals surface area contributed by atoms with Crippen molar-refractivity contribution >= 4 is 17.5 Å². The zero-order valence-electron chi connectivity index (χ0n) is 15.0. The third-order valence-corrected chi connectivity index (χ3v) is 4.62.